The van der Waals surface area contributed by atoms with Gasteiger partial charge in [-0.05, 0) is 62.5 Å². The maximum absolute atomic E-state index is 11.9. The van der Waals surface area contributed by atoms with Gasteiger partial charge >= 0.3 is 12.0 Å². The first kappa shape index (κ1) is 18.3. The van der Waals surface area contributed by atoms with Crippen LogP contribution in [0.4, 0.5) is 10.5 Å². The van der Waals surface area contributed by atoms with E-state index in [1.807, 2.05) is 0 Å². The molecule has 132 valence electrons. The fourth-order valence-electron chi connectivity index (χ4n) is 2.98. The zero-order valence-corrected chi connectivity index (χ0v) is 14.5. The quantitative estimate of drug-likeness (QED) is 0.620. The van der Waals surface area contributed by atoms with Gasteiger partial charge in [0.2, 0.25) is 0 Å². The molecule has 1 aromatic carbocycles. The lowest BCUT2D eigenvalue weighted by atomic mass is 10.0. The molecule has 0 aliphatic carbocycles. The second-order valence-corrected chi connectivity index (χ2v) is 6.35. The molecule has 2 amide bonds. The van der Waals surface area contributed by atoms with Crippen molar-refractivity contribution in [1.82, 2.24) is 10.2 Å². The molecule has 0 radical (unpaired) electrons. The fraction of sp³-hybridized carbons (Fsp3) is 0.556. The summed E-state index contributed by atoms with van der Waals surface area (Å²) in [6.07, 6.45) is 3.55. The van der Waals surface area contributed by atoms with E-state index in [4.69, 9.17) is 0 Å². The average Bonchev–Trinajstić information content (AvgIpc) is 2.59. The number of benzene rings is 1. The molecular formula is C18H27N3O3. The Hall–Kier alpha value is -2.08. The highest BCUT2D eigenvalue weighted by molar-refractivity contribution is 5.92. The number of ether oxygens (including phenoxy) is 1. The lowest BCUT2D eigenvalue weighted by molar-refractivity contribution is 0.0601. The fourth-order valence-corrected chi connectivity index (χ4v) is 2.98. The SMILES string of the molecule is COC(=O)c1ccc(NC(=O)NCCCN2CCCC(C)C2)cc1. The summed E-state index contributed by atoms with van der Waals surface area (Å²) in [5, 5.41) is 5.62. The molecule has 1 atom stereocenters. The van der Waals surface area contributed by atoms with Crippen LogP contribution in [0.15, 0.2) is 24.3 Å². The van der Waals surface area contributed by atoms with Gasteiger partial charge in [0, 0.05) is 18.8 Å². The van der Waals surface area contributed by atoms with Gasteiger partial charge in [0.05, 0.1) is 12.7 Å². The summed E-state index contributed by atoms with van der Waals surface area (Å²) in [5.74, 6) is 0.390. The maximum Gasteiger partial charge on any atom is 0.337 e. The number of hydrogen-bond acceptors (Lipinski definition) is 4. The Balaban J connectivity index is 1.65. The summed E-state index contributed by atoms with van der Waals surface area (Å²) >= 11 is 0. The molecule has 6 nitrogen and oxygen atoms in total. The van der Waals surface area contributed by atoms with E-state index in [2.05, 4.69) is 27.2 Å². The molecule has 1 fully saturated rings. The number of rotatable bonds is 6. The van der Waals surface area contributed by atoms with Crippen molar-refractivity contribution in [3.8, 4) is 0 Å². The smallest absolute Gasteiger partial charge is 0.337 e. The van der Waals surface area contributed by atoms with Crippen molar-refractivity contribution in [2.24, 2.45) is 5.92 Å². The Morgan fingerprint density at radius 1 is 1.29 bits per heavy atom. The maximum atomic E-state index is 11.9. The van der Waals surface area contributed by atoms with E-state index in [1.165, 1.54) is 33.0 Å². The van der Waals surface area contributed by atoms with Crippen LogP contribution in [0.3, 0.4) is 0 Å². The minimum absolute atomic E-state index is 0.229. The van der Waals surface area contributed by atoms with Crippen LogP contribution in [0.5, 0.6) is 0 Å². The Morgan fingerprint density at radius 3 is 2.71 bits per heavy atom. The van der Waals surface area contributed by atoms with Crippen molar-refractivity contribution in [3.63, 3.8) is 0 Å². The molecule has 1 aliphatic heterocycles. The molecule has 1 aliphatic rings. The summed E-state index contributed by atoms with van der Waals surface area (Å²) in [5.41, 5.74) is 1.10. The number of nitrogens with one attached hydrogen (secondary N) is 2. The zero-order valence-electron chi connectivity index (χ0n) is 14.5. The van der Waals surface area contributed by atoms with Crippen molar-refractivity contribution in [3.05, 3.63) is 29.8 Å². The first-order valence-electron chi connectivity index (χ1n) is 8.54. The molecule has 1 saturated heterocycles. The first-order chi connectivity index (χ1) is 11.6. The van der Waals surface area contributed by atoms with Crippen LogP contribution in [0.25, 0.3) is 0 Å². The number of carbonyl (C=O) groups is 2. The molecule has 24 heavy (non-hydrogen) atoms. The lowest BCUT2D eigenvalue weighted by Gasteiger charge is -2.30. The molecule has 2 N–H and O–H groups in total. The summed E-state index contributed by atoms with van der Waals surface area (Å²) in [6, 6.07) is 6.38. The molecule has 0 saturated carbocycles. The van der Waals surface area contributed by atoms with Crippen LogP contribution in [-0.4, -0.2) is 50.2 Å². The van der Waals surface area contributed by atoms with E-state index >= 15 is 0 Å². The van der Waals surface area contributed by atoms with Crippen molar-refractivity contribution in [2.75, 3.05) is 38.6 Å². The number of urea groups is 1. The summed E-state index contributed by atoms with van der Waals surface area (Å²) in [7, 11) is 1.34. The Labute approximate surface area is 143 Å². The number of hydrogen-bond donors (Lipinski definition) is 2. The molecule has 0 aromatic heterocycles. The highest BCUT2D eigenvalue weighted by Gasteiger charge is 2.15. The van der Waals surface area contributed by atoms with Gasteiger partial charge in [-0.2, -0.15) is 0 Å². The van der Waals surface area contributed by atoms with E-state index in [1.54, 1.807) is 24.3 Å². The van der Waals surface area contributed by atoms with E-state index in [-0.39, 0.29) is 6.03 Å². The number of carbonyl (C=O) groups excluding carboxylic acids is 2. The van der Waals surface area contributed by atoms with Crippen LogP contribution in [0.1, 0.15) is 36.5 Å². The van der Waals surface area contributed by atoms with Gasteiger partial charge in [0.25, 0.3) is 0 Å². The van der Waals surface area contributed by atoms with Crippen LogP contribution >= 0.6 is 0 Å². The highest BCUT2D eigenvalue weighted by atomic mass is 16.5. The van der Waals surface area contributed by atoms with Gasteiger partial charge < -0.3 is 20.3 Å². The molecule has 1 aromatic rings. The summed E-state index contributed by atoms with van der Waals surface area (Å²) in [4.78, 5) is 25.7. The molecule has 0 bridgehead atoms. The molecular weight excluding hydrogens is 306 g/mol. The van der Waals surface area contributed by atoms with Gasteiger partial charge in [-0.25, -0.2) is 9.59 Å². The zero-order chi connectivity index (χ0) is 17.4. The van der Waals surface area contributed by atoms with Crippen molar-refractivity contribution < 1.29 is 14.3 Å². The second kappa shape index (κ2) is 9.27. The predicted molar refractivity (Wildman–Crippen MR) is 94.3 cm³/mol. The van der Waals surface area contributed by atoms with Crippen LogP contribution in [0, 0.1) is 5.92 Å². The minimum Gasteiger partial charge on any atom is -0.465 e. The van der Waals surface area contributed by atoms with Gasteiger partial charge in [-0.1, -0.05) is 6.92 Å². The Bertz CT molecular complexity index is 545. The third-order valence-corrected chi connectivity index (χ3v) is 4.24. The normalized spacial score (nSPS) is 18.0. The first-order valence-corrected chi connectivity index (χ1v) is 8.54. The van der Waals surface area contributed by atoms with Crippen molar-refractivity contribution >= 4 is 17.7 Å². The number of amides is 2. The van der Waals surface area contributed by atoms with E-state index in [0.29, 0.717) is 17.8 Å². The van der Waals surface area contributed by atoms with Gasteiger partial charge in [-0.15, -0.1) is 0 Å². The van der Waals surface area contributed by atoms with Gasteiger partial charge in [0.15, 0.2) is 0 Å². The molecule has 1 heterocycles. The number of methoxy groups -OCH3 is 1. The molecule has 1 unspecified atom stereocenters. The van der Waals surface area contributed by atoms with E-state index in [9.17, 15) is 9.59 Å². The highest BCUT2D eigenvalue weighted by Crippen LogP contribution is 2.15. The van der Waals surface area contributed by atoms with Crippen LogP contribution in [0.2, 0.25) is 0 Å². The molecule has 0 spiro atoms. The molecule has 2 rings (SSSR count). The number of anilines is 1. The standard InChI is InChI=1S/C18H27N3O3/c1-14-5-3-11-21(13-14)12-4-10-19-18(23)20-16-8-6-15(7-9-16)17(22)24-2/h6-9,14H,3-5,10-13H2,1-2H3,(H2,19,20,23). The average molecular weight is 333 g/mol. The number of esters is 1. The number of piperidine rings is 1. The third-order valence-electron chi connectivity index (χ3n) is 4.24. The van der Waals surface area contributed by atoms with Crippen molar-refractivity contribution in [2.45, 2.75) is 26.2 Å². The molecule has 6 heteroatoms. The predicted octanol–water partition coefficient (Wildman–Crippen LogP) is 2.72. The van der Waals surface area contributed by atoms with Crippen LogP contribution in [-0.2, 0) is 4.74 Å². The van der Waals surface area contributed by atoms with Gasteiger partial charge in [0.1, 0.15) is 0 Å². The van der Waals surface area contributed by atoms with E-state index in [0.717, 1.165) is 18.9 Å². The largest absolute Gasteiger partial charge is 0.465 e. The minimum atomic E-state index is -0.391. The summed E-state index contributed by atoms with van der Waals surface area (Å²) < 4.78 is 4.64. The second-order valence-electron chi connectivity index (χ2n) is 6.35. The lowest BCUT2D eigenvalue weighted by Crippen LogP contribution is -2.37. The van der Waals surface area contributed by atoms with Gasteiger partial charge in [-0.3, -0.25) is 0 Å². The number of nitrogens with zero attached hydrogens (tertiary/aromatic N) is 1. The number of likely N-dealkylation sites (tertiary alicyclic amines) is 1. The van der Waals surface area contributed by atoms with Crippen LogP contribution < -0.4 is 10.6 Å². The monoisotopic (exact) mass is 333 g/mol. The Kier molecular flexibility index (Phi) is 7.06. The van der Waals surface area contributed by atoms with Crippen molar-refractivity contribution in [1.29, 1.82) is 0 Å². The topological polar surface area (TPSA) is 70.7 Å². The third kappa shape index (κ3) is 5.85. The Morgan fingerprint density at radius 2 is 2.04 bits per heavy atom. The summed E-state index contributed by atoms with van der Waals surface area (Å²) in [6.45, 7) is 6.31. The van der Waals surface area contributed by atoms with E-state index < -0.39 is 5.97 Å².